The lowest BCUT2D eigenvalue weighted by Crippen LogP contribution is -2.43. The SMILES string of the molecule is Cl.Cl.Nc1ncnc2c1ncn2C1CNC1. The minimum absolute atomic E-state index is 0. The Hall–Kier alpha value is -1.11. The summed E-state index contributed by atoms with van der Waals surface area (Å²) in [7, 11) is 0. The fourth-order valence-electron chi connectivity index (χ4n) is 1.61. The molecule has 0 saturated carbocycles. The van der Waals surface area contributed by atoms with Gasteiger partial charge in [0, 0.05) is 13.1 Å². The first kappa shape index (κ1) is 13.0. The van der Waals surface area contributed by atoms with E-state index < -0.39 is 0 Å². The molecular weight excluding hydrogens is 251 g/mol. The van der Waals surface area contributed by atoms with E-state index in [9.17, 15) is 0 Å². The Morgan fingerprint density at radius 2 is 2.00 bits per heavy atom. The van der Waals surface area contributed by atoms with Crippen LogP contribution in [0.4, 0.5) is 5.82 Å². The molecule has 1 saturated heterocycles. The number of rotatable bonds is 1. The fourth-order valence-corrected chi connectivity index (χ4v) is 1.61. The fraction of sp³-hybridized carbons (Fsp3) is 0.375. The number of fused-ring (bicyclic) bond motifs is 1. The molecular formula is C8H12Cl2N6. The molecule has 1 fully saturated rings. The van der Waals surface area contributed by atoms with Crippen molar-refractivity contribution in [3.8, 4) is 0 Å². The predicted octanol–water partition coefficient (Wildman–Crippen LogP) is 0.396. The van der Waals surface area contributed by atoms with Gasteiger partial charge in [0.05, 0.1) is 12.4 Å². The lowest BCUT2D eigenvalue weighted by molar-refractivity contribution is 0.349. The number of anilines is 1. The van der Waals surface area contributed by atoms with Crippen LogP contribution in [0.15, 0.2) is 12.7 Å². The van der Waals surface area contributed by atoms with Crippen LogP contribution in [0.1, 0.15) is 6.04 Å². The highest BCUT2D eigenvalue weighted by Crippen LogP contribution is 2.20. The van der Waals surface area contributed by atoms with Gasteiger partial charge >= 0.3 is 0 Å². The first-order valence-electron chi connectivity index (χ1n) is 4.50. The van der Waals surface area contributed by atoms with E-state index in [0.717, 1.165) is 18.7 Å². The van der Waals surface area contributed by atoms with Gasteiger partial charge in [-0.05, 0) is 0 Å². The van der Waals surface area contributed by atoms with Gasteiger partial charge in [0.15, 0.2) is 11.5 Å². The molecule has 0 aromatic carbocycles. The number of hydrogen-bond acceptors (Lipinski definition) is 5. The average molecular weight is 263 g/mol. The van der Waals surface area contributed by atoms with Crippen LogP contribution in [-0.4, -0.2) is 32.6 Å². The van der Waals surface area contributed by atoms with Crippen LogP contribution >= 0.6 is 24.8 Å². The highest BCUT2D eigenvalue weighted by molar-refractivity contribution is 5.85. The van der Waals surface area contributed by atoms with Gasteiger partial charge in [-0.1, -0.05) is 0 Å². The zero-order valence-corrected chi connectivity index (χ0v) is 9.96. The summed E-state index contributed by atoms with van der Waals surface area (Å²) in [6.07, 6.45) is 3.25. The van der Waals surface area contributed by atoms with Gasteiger partial charge in [-0.2, -0.15) is 0 Å². The van der Waals surface area contributed by atoms with E-state index in [-0.39, 0.29) is 24.8 Å². The number of halogens is 2. The van der Waals surface area contributed by atoms with E-state index in [1.807, 2.05) is 4.57 Å². The molecule has 0 atom stereocenters. The van der Waals surface area contributed by atoms with Gasteiger partial charge < -0.3 is 15.6 Å². The van der Waals surface area contributed by atoms with Crippen LogP contribution in [0.25, 0.3) is 11.2 Å². The molecule has 0 spiro atoms. The summed E-state index contributed by atoms with van der Waals surface area (Å²) in [6, 6.07) is 0.453. The molecule has 3 N–H and O–H groups in total. The Morgan fingerprint density at radius 3 is 2.62 bits per heavy atom. The van der Waals surface area contributed by atoms with E-state index in [1.165, 1.54) is 6.33 Å². The summed E-state index contributed by atoms with van der Waals surface area (Å²) in [6.45, 7) is 1.94. The molecule has 3 rings (SSSR count). The van der Waals surface area contributed by atoms with Gasteiger partial charge in [0.1, 0.15) is 11.8 Å². The summed E-state index contributed by atoms with van der Waals surface area (Å²) in [5.41, 5.74) is 7.20. The van der Waals surface area contributed by atoms with Crippen molar-refractivity contribution in [2.45, 2.75) is 6.04 Å². The highest BCUT2D eigenvalue weighted by atomic mass is 35.5. The average Bonchev–Trinajstić information content (AvgIpc) is 2.48. The molecule has 1 aliphatic rings. The van der Waals surface area contributed by atoms with Crippen molar-refractivity contribution in [3.05, 3.63) is 12.7 Å². The Kier molecular flexibility index (Phi) is 3.90. The molecule has 88 valence electrons. The molecule has 0 aliphatic carbocycles. The van der Waals surface area contributed by atoms with Crippen LogP contribution in [-0.2, 0) is 0 Å². The highest BCUT2D eigenvalue weighted by Gasteiger charge is 2.21. The van der Waals surface area contributed by atoms with E-state index in [2.05, 4.69) is 20.3 Å². The molecule has 2 aromatic rings. The smallest absolute Gasteiger partial charge is 0.165 e. The number of nitrogen functional groups attached to an aromatic ring is 1. The van der Waals surface area contributed by atoms with Crippen molar-refractivity contribution < 1.29 is 0 Å². The summed E-state index contributed by atoms with van der Waals surface area (Å²) in [5, 5.41) is 3.21. The van der Waals surface area contributed by atoms with Crippen LogP contribution in [0, 0.1) is 0 Å². The maximum Gasteiger partial charge on any atom is 0.165 e. The molecule has 16 heavy (non-hydrogen) atoms. The van der Waals surface area contributed by atoms with Gasteiger partial charge in [-0.25, -0.2) is 15.0 Å². The molecule has 8 heteroatoms. The predicted molar refractivity (Wildman–Crippen MR) is 66.1 cm³/mol. The van der Waals surface area contributed by atoms with E-state index >= 15 is 0 Å². The van der Waals surface area contributed by atoms with Gasteiger partial charge in [-0.3, -0.25) is 0 Å². The number of aromatic nitrogens is 4. The second kappa shape index (κ2) is 4.82. The topological polar surface area (TPSA) is 81.7 Å². The van der Waals surface area contributed by atoms with Crippen LogP contribution in [0.3, 0.4) is 0 Å². The zero-order chi connectivity index (χ0) is 9.54. The Bertz CT molecular complexity index is 480. The molecule has 0 bridgehead atoms. The molecule has 2 aromatic heterocycles. The Balaban J connectivity index is 0.000000640. The second-order valence-electron chi connectivity index (χ2n) is 3.40. The third kappa shape index (κ3) is 1.79. The van der Waals surface area contributed by atoms with Gasteiger partial charge in [0.2, 0.25) is 0 Å². The maximum atomic E-state index is 5.69. The molecule has 0 amide bonds. The maximum absolute atomic E-state index is 5.69. The van der Waals surface area contributed by atoms with Crippen molar-refractivity contribution in [3.63, 3.8) is 0 Å². The zero-order valence-electron chi connectivity index (χ0n) is 8.33. The minimum Gasteiger partial charge on any atom is -0.382 e. The van der Waals surface area contributed by atoms with Gasteiger partial charge in [-0.15, -0.1) is 24.8 Å². The van der Waals surface area contributed by atoms with E-state index in [4.69, 9.17) is 5.73 Å². The van der Waals surface area contributed by atoms with Crippen LogP contribution in [0.5, 0.6) is 0 Å². The van der Waals surface area contributed by atoms with Crippen molar-refractivity contribution in [1.82, 2.24) is 24.8 Å². The van der Waals surface area contributed by atoms with Crippen molar-refractivity contribution in [2.24, 2.45) is 0 Å². The molecule has 0 radical (unpaired) electrons. The van der Waals surface area contributed by atoms with Crippen molar-refractivity contribution in [2.75, 3.05) is 18.8 Å². The number of hydrogen-bond donors (Lipinski definition) is 2. The number of nitrogens with one attached hydrogen (secondary N) is 1. The number of imidazole rings is 1. The Morgan fingerprint density at radius 1 is 1.25 bits per heavy atom. The minimum atomic E-state index is 0. The first-order chi connectivity index (χ1) is 6.86. The van der Waals surface area contributed by atoms with Crippen LogP contribution in [0.2, 0.25) is 0 Å². The third-order valence-electron chi connectivity index (χ3n) is 2.54. The van der Waals surface area contributed by atoms with Crippen LogP contribution < -0.4 is 11.1 Å². The largest absolute Gasteiger partial charge is 0.382 e. The van der Waals surface area contributed by atoms with E-state index in [1.54, 1.807) is 6.33 Å². The summed E-state index contributed by atoms with van der Waals surface area (Å²) < 4.78 is 2.05. The number of nitrogens with zero attached hydrogens (tertiary/aromatic N) is 4. The number of nitrogens with two attached hydrogens (primary N) is 1. The monoisotopic (exact) mass is 262 g/mol. The van der Waals surface area contributed by atoms with Crippen molar-refractivity contribution in [1.29, 1.82) is 0 Å². The molecule has 3 heterocycles. The normalized spacial score (nSPS) is 15.0. The van der Waals surface area contributed by atoms with Crippen molar-refractivity contribution >= 4 is 41.8 Å². The quantitative estimate of drug-likeness (QED) is 0.778. The standard InChI is InChI=1S/C8H10N6.2ClH/c9-7-6-8(12-3-11-7)14(4-13-6)5-1-10-2-5;;/h3-5,10H,1-2H2,(H2,9,11,12);2*1H. The Labute approximate surface area is 104 Å². The van der Waals surface area contributed by atoms with Gasteiger partial charge in [0.25, 0.3) is 0 Å². The third-order valence-corrected chi connectivity index (χ3v) is 2.54. The molecule has 0 unspecified atom stereocenters. The van der Waals surface area contributed by atoms with E-state index in [0.29, 0.717) is 17.4 Å². The lowest BCUT2D eigenvalue weighted by atomic mass is 10.2. The second-order valence-corrected chi connectivity index (χ2v) is 3.40. The summed E-state index contributed by atoms with van der Waals surface area (Å²) in [4.78, 5) is 12.3. The molecule has 1 aliphatic heterocycles. The lowest BCUT2D eigenvalue weighted by Gasteiger charge is -2.28. The summed E-state index contributed by atoms with van der Waals surface area (Å²) >= 11 is 0. The first-order valence-corrected chi connectivity index (χ1v) is 4.50. The summed E-state index contributed by atoms with van der Waals surface area (Å²) in [5.74, 6) is 0.445. The molecule has 6 nitrogen and oxygen atoms in total.